The molecule has 0 bridgehead atoms. The lowest BCUT2D eigenvalue weighted by molar-refractivity contribution is -0.140. The molecule has 3 nitrogen and oxygen atoms in total. The fraction of sp³-hybridized carbons (Fsp3) is 0.143. The predicted octanol–water partition coefficient (Wildman–Crippen LogP) is 4.54. The molecule has 0 saturated carbocycles. The number of thioether (sulfide) groups is 1. The van der Waals surface area contributed by atoms with Gasteiger partial charge in [0.05, 0.1) is 0 Å². The van der Waals surface area contributed by atoms with E-state index in [1.807, 2.05) is 30.5 Å². The topological polar surface area (TPSA) is 42.0 Å². The van der Waals surface area contributed by atoms with Crippen LogP contribution in [-0.2, 0) is 11.0 Å². The molecule has 1 aromatic carbocycles. The Balaban J connectivity index is 1.97. The number of amides is 1. The summed E-state index contributed by atoms with van der Waals surface area (Å²) in [4.78, 5) is 16.1. The molecule has 0 aliphatic carbocycles. The average molecular weight is 344 g/mol. The summed E-state index contributed by atoms with van der Waals surface area (Å²) >= 11 is 2.34. The largest absolute Gasteiger partial charge is 0.434 e. The number of hydrogen-bond acceptors (Lipinski definition) is 4. The van der Waals surface area contributed by atoms with Crippen LogP contribution in [0.5, 0.6) is 0 Å². The highest BCUT2D eigenvalue weighted by atomic mass is 32.2. The Morgan fingerprint density at radius 2 is 2.00 bits per heavy atom. The highest BCUT2D eigenvalue weighted by molar-refractivity contribution is 7.98. The van der Waals surface area contributed by atoms with Crippen molar-refractivity contribution in [2.75, 3.05) is 11.6 Å². The van der Waals surface area contributed by atoms with E-state index in [0.29, 0.717) is 0 Å². The Kier molecular flexibility index (Phi) is 5.25. The van der Waals surface area contributed by atoms with Gasteiger partial charge in [-0.3, -0.25) is 10.1 Å². The van der Waals surface area contributed by atoms with Crippen molar-refractivity contribution in [3.63, 3.8) is 0 Å². The normalized spacial score (nSPS) is 11.8. The molecule has 0 aliphatic heterocycles. The molecule has 1 aromatic heterocycles. The van der Waals surface area contributed by atoms with Gasteiger partial charge in [0, 0.05) is 16.4 Å². The van der Waals surface area contributed by atoms with E-state index in [1.165, 1.54) is 6.08 Å². The van der Waals surface area contributed by atoms with Crippen molar-refractivity contribution in [1.82, 2.24) is 4.98 Å². The summed E-state index contributed by atoms with van der Waals surface area (Å²) < 4.78 is 37.2. The van der Waals surface area contributed by atoms with Crippen LogP contribution in [0.15, 0.2) is 40.6 Å². The number of anilines is 1. The summed E-state index contributed by atoms with van der Waals surface area (Å²) in [5.41, 5.74) is -0.187. The van der Waals surface area contributed by atoms with Crippen LogP contribution in [0.1, 0.15) is 11.3 Å². The van der Waals surface area contributed by atoms with Gasteiger partial charge in [-0.15, -0.1) is 23.1 Å². The van der Waals surface area contributed by atoms with Crippen LogP contribution in [0.2, 0.25) is 0 Å². The Morgan fingerprint density at radius 3 is 2.55 bits per heavy atom. The molecule has 0 fully saturated rings. The molecule has 2 rings (SSSR count). The summed E-state index contributed by atoms with van der Waals surface area (Å²) in [7, 11) is 0. The molecule has 0 aliphatic rings. The van der Waals surface area contributed by atoms with Gasteiger partial charge in [-0.25, -0.2) is 4.98 Å². The minimum absolute atomic E-state index is 0.0836. The van der Waals surface area contributed by atoms with Crippen molar-refractivity contribution >= 4 is 40.2 Å². The maximum Gasteiger partial charge on any atom is 0.434 e. The fourth-order valence-corrected chi connectivity index (χ4v) is 2.62. The molecular weight excluding hydrogens is 333 g/mol. The Morgan fingerprint density at radius 1 is 1.32 bits per heavy atom. The second-order valence-corrected chi connectivity index (χ2v) is 5.87. The van der Waals surface area contributed by atoms with Gasteiger partial charge in [0.1, 0.15) is 0 Å². The molecule has 1 N–H and O–H groups in total. The minimum Gasteiger partial charge on any atom is -0.298 e. The molecule has 0 unspecified atom stereocenters. The number of rotatable bonds is 4. The van der Waals surface area contributed by atoms with Gasteiger partial charge in [0.15, 0.2) is 10.8 Å². The molecule has 0 spiro atoms. The minimum atomic E-state index is -4.51. The number of alkyl halides is 3. The van der Waals surface area contributed by atoms with Crippen LogP contribution in [-0.4, -0.2) is 17.1 Å². The third-order valence-corrected chi connectivity index (χ3v) is 4.07. The quantitative estimate of drug-likeness (QED) is 0.654. The number of aromatic nitrogens is 1. The Bertz CT molecular complexity index is 678. The van der Waals surface area contributed by atoms with E-state index >= 15 is 0 Å². The number of carbonyl (C=O) groups excluding carboxylic acids is 1. The molecular formula is C14H11F3N2OS2. The highest BCUT2D eigenvalue weighted by Crippen LogP contribution is 2.31. The zero-order valence-electron chi connectivity index (χ0n) is 11.3. The van der Waals surface area contributed by atoms with E-state index in [0.717, 1.165) is 27.2 Å². The van der Waals surface area contributed by atoms with Crippen LogP contribution >= 0.6 is 23.1 Å². The van der Waals surface area contributed by atoms with Gasteiger partial charge in [-0.1, -0.05) is 12.1 Å². The summed E-state index contributed by atoms with van der Waals surface area (Å²) in [6.45, 7) is 0. The fourth-order valence-electron chi connectivity index (χ4n) is 1.50. The van der Waals surface area contributed by atoms with E-state index in [1.54, 1.807) is 17.8 Å². The van der Waals surface area contributed by atoms with Crippen molar-refractivity contribution in [3.8, 4) is 0 Å². The lowest BCUT2D eigenvalue weighted by Gasteiger charge is -2.00. The first-order valence-corrected chi connectivity index (χ1v) is 8.15. The summed E-state index contributed by atoms with van der Waals surface area (Å²) in [5, 5.41) is 3.08. The molecule has 0 radical (unpaired) electrons. The van der Waals surface area contributed by atoms with Crippen molar-refractivity contribution in [2.45, 2.75) is 11.1 Å². The van der Waals surface area contributed by atoms with E-state index < -0.39 is 17.8 Å². The smallest absolute Gasteiger partial charge is 0.298 e. The van der Waals surface area contributed by atoms with Crippen molar-refractivity contribution in [3.05, 3.63) is 47.0 Å². The van der Waals surface area contributed by atoms with Gasteiger partial charge >= 0.3 is 6.18 Å². The van der Waals surface area contributed by atoms with Gasteiger partial charge in [0.2, 0.25) is 5.91 Å². The van der Waals surface area contributed by atoms with Crippen LogP contribution in [0.4, 0.5) is 18.3 Å². The average Bonchev–Trinajstić information content (AvgIpc) is 2.94. The first kappa shape index (κ1) is 16.6. The lowest BCUT2D eigenvalue weighted by Crippen LogP contribution is -2.09. The van der Waals surface area contributed by atoms with E-state index in [2.05, 4.69) is 10.3 Å². The standard InChI is InChI=1S/C14H11F3N2OS2/c1-21-10-5-2-9(3-6-10)4-7-12(20)19-13-18-11(8-22-13)14(15,16)17/h2-8H,1H3,(H,18,19,20)/b7-4+. The molecule has 1 amide bonds. The summed E-state index contributed by atoms with van der Waals surface area (Å²) in [6.07, 6.45) is 0.288. The van der Waals surface area contributed by atoms with E-state index in [4.69, 9.17) is 0 Å². The van der Waals surface area contributed by atoms with Crippen LogP contribution in [0.3, 0.4) is 0 Å². The number of thiazole rings is 1. The van der Waals surface area contributed by atoms with Crippen LogP contribution < -0.4 is 5.32 Å². The molecule has 116 valence electrons. The monoisotopic (exact) mass is 344 g/mol. The summed E-state index contributed by atoms with van der Waals surface area (Å²) in [5.74, 6) is -0.531. The van der Waals surface area contributed by atoms with Gasteiger partial charge in [-0.05, 0) is 30.0 Å². The molecule has 2 aromatic rings. The SMILES string of the molecule is CSc1ccc(/C=C/C(=O)Nc2nc(C(F)(F)F)cs2)cc1. The third kappa shape index (κ3) is 4.60. The maximum atomic E-state index is 12.4. The first-order valence-electron chi connectivity index (χ1n) is 6.04. The number of halogens is 3. The maximum absolute atomic E-state index is 12.4. The number of carbonyl (C=O) groups is 1. The van der Waals surface area contributed by atoms with Gasteiger partial charge in [-0.2, -0.15) is 13.2 Å². The van der Waals surface area contributed by atoms with E-state index in [9.17, 15) is 18.0 Å². The Labute approximate surface area is 133 Å². The molecule has 22 heavy (non-hydrogen) atoms. The predicted molar refractivity (Wildman–Crippen MR) is 83.0 cm³/mol. The van der Waals surface area contributed by atoms with Crippen LogP contribution in [0.25, 0.3) is 6.08 Å². The number of hydrogen-bond donors (Lipinski definition) is 1. The number of nitrogens with zero attached hydrogens (tertiary/aromatic N) is 1. The van der Waals surface area contributed by atoms with Crippen LogP contribution in [0, 0.1) is 0 Å². The third-order valence-electron chi connectivity index (χ3n) is 2.57. The number of benzene rings is 1. The second kappa shape index (κ2) is 6.97. The van der Waals surface area contributed by atoms with Gasteiger partial charge < -0.3 is 0 Å². The van der Waals surface area contributed by atoms with Crippen molar-refractivity contribution in [2.24, 2.45) is 0 Å². The van der Waals surface area contributed by atoms with Crippen molar-refractivity contribution < 1.29 is 18.0 Å². The summed E-state index contributed by atoms with van der Waals surface area (Å²) in [6, 6.07) is 7.53. The zero-order valence-corrected chi connectivity index (χ0v) is 13.0. The Hall–Kier alpha value is -1.80. The lowest BCUT2D eigenvalue weighted by atomic mass is 10.2. The zero-order chi connectivity index (χ0) is 16.2. The molecule has 8 heteroatoms. The second-order valence-electron chi connectivity index (χ2n) is 4.13. The van der Waals surface area contributed by atoms with Crippen molar-refractivity contribution in [1.29, 1.82) is 0 Å². The molecule has 1 heterocycles. The molecule has 0 saturated heterocycles. The van der Waals surface area contributed by atoms with E-state index in [-0.39, 0.29) is 5.13 Å². The van der Waals surface area contributed by atoms with Gasteiger partial charge in [0.25, 0.3) is 0 Å². The molecule has 0 atom stereocenters. The first-order chi connectivity index (χ1) is 10.4. The number of nitrogens with one attached hydrogen (secondary N) is 1. The highest BCUT2D eigenvalue weighted by Gasteiger charge is 2.33.